The van der Waals surface area contributed by atoms with Crippen LogP contribution in [0.2, 0.25) is 0 Å². The number of nitriles is 1. The molecule has 0 atom stereocenters. The topological polar surface area (TPSA) is 70.7 Å². The second kappa shape index (κ2) is 8.41. The fourth-order valence-electron chi connectivity index (χ4n) is 3.35. The Morgan fingerprint density at radius 2 is 1.69 bits per heavy atom. The zero-order chi connectivity index (χ0) is 20.1. The first-order valence-corrected chi connectivity index (χ1v) is 9.52. The monoisotopic (exact) mass is 380 g/mol. The summed E-state index contributed by atoms with van der Waals surface area (Å²) in [7, 11) is 0. The van der Waals surface area contributed by atoms with E-state index < -0.39 is 0 Å². The number of amides is 1. The second-order valence-electron chi connectivity index (χ2n) is 6.77. The van der Waals surface area contributed by atoms with E-state index in [9.17, 15) is 4.79 Å². The molecule has 0 bridgehead atoms. The summed E-state index contributed by atoms with van der Waals surface area (Å²) < 4.78 is 2.11. The molecule has 0 fully saturated rings. The lowest BCUT2D eigenvalue weighted by atomic mass is 10.1. The van der Waals surface area contributed by atoms with Crippen LogP contribution in [0.5, 0.6) is 0 Å². The quantitative estimate of drug-likeness (QED) is 0.529. The normalized spacial score (nSPS) is 10.6. The molecule has 0 aliphatic rings. The van der Waals surface area contributed by atoms with E-state index in [4.69, 9.17) is 10.2 Å². The van der Waals surface area contributed by atoms with Gasteiger partial charge >= 0.3 is 0 Å². The molecule has 29 heavy (non-hydrogen) atoms. The van der Waals surface area contributed by atoms with Crippen molar-refractivity contribution < 1.29 is 4.79 Å². The summed E-state index contributed by atoms with van der Waals surface area (Å²) in [5.74, 6) is 0.793. The largest absolute Gasteiger partial charge is 0.326 e. The van der Waals surface area contributed by atoms with Crippen LogP contribution in [0, 0.1) is 11.3 Å². The van der Waals surface area contributed by atoms with Gasteiger partial charge in [0, 0.05) is 24.2 Å². The molecule has 1 aromatic heterocycles. The number of nitrogens with one attached hydrogen (secondary N) is 1. The third kappa shape index (κ3) is 4.17. The van der Waals surface area contributed by atoms with Crippen molar-refractivity contribution in [1.29, 1.82) is 5.26 Å². The summed E-state index contributed by atoms with van der Waals surface area (Å²) >= 11 is 0. The van der Waals surface area contributed by atoms with Crippen molar-refractivity contribution in [3.05, 3.63) is 90.3 Å². The van der Waals surface area contributed by atoms with Gasteiger partial charge in [0.15, 0.2) is 0 Å². The molecule has 1 N–H and O–H groups in total. The van der Waals surface area contributed by atoms with Gasteiger partial charge in [-0.25, -0.2) is 4.98 Å². The fraction of sp³-hybridized carbons (Fsp3) is 0.125. The maximum absolute atomic E-state index is 12.5. The van der Waals surface area contributed by atoms with E-state index in [1.165, 1.54) is 0 Å². The predicted octanol–water partition coefficient (Wildman–Crippen LogP) is 4.66. The highest BCUT2D eigenvalue weighted by Gasteiger charge is 2.13. The highest BCUT2D eigenvalue weighted by Crippen LogP contribution is 2.22. The molecule has 0 saturated carbocycles. The average molecular weight is 380 g/mol. The van der Waals surface area contributed by atoms with E-state index in [1.54, 1.807) is 0 Å². The van der Waals surface area contributed by atoms with Crippen LogP contribution in [0.25, 0.3) is 16.7 Å². The minimum atomic E-state index is -0.0651. The molecule has 0 radical (unpaired) electrons. The van der Waals surface area contributed by atoms with Crippen molar-refractivity contribution in [3.8, 4) is 11.8 Å². The van der Waals surface area contributed by atoms with Gasteiger partial charge in [0.1, 0.15) is 5.82 Å². The van der Waals surface area contributed by atoms with Crippen LogP contribution in [-0.4, -0.2) is 15.5 Å². The fourth-order valence-corrected chi connectivity index (χ4v) is 3.35. The molecular formula is C24H20N4O. The molecular weight excluding hydrogens is 360 g/mol. The smallest absolute Gasteiger partial charge is 0.224 e. The third-order valence-electron chi connectivity index (χ3n) is 4.74. The third-order valence-corrected chi connectivity index (χ3v) is 4.74. The number of carbonyl (C=O) groups is 1. The van der Waals surface area contributed by atoms with E-state index in [0.717, 1.165) is 33.8 Å². The van der Waals surface area contributed by atoms with Gasteiger partial charge in [-0.3, -0.25) is 9.36 Å². The molecule has 0 unspecified atom stereocenters. The van der Waals surface area contributed by atoms with E-state index in [1.807, 2.05) is 78.9 Å². The number of nitrogens with zero attached hydrogens (tertiary/aromatic N) is 3. The zero-order valence-electron chi connectivity index (χ0n) is 15.9. The number of imidazole rings is 1. The summed E-state index contributed by atoms with van der Waals surface area (Å²) in [6, 6.07) is 27.5. The Labute approximate surface area is 169 Å². The maximum atomic E-state index is 12.5. The first kappa shape index (κ1) is 18.5. The summed E-state index contributed by atoms with van der Waals surface area (Å²) in [6.45, 7) is 0. The highest BCUT2D eigenvalue weighted by atomic mass is 16.1. The Morgan fingerprint density at radius 1 is 0.966 bits per heavy atom. The van der Waals surface area contributed by atoms with Crippen molar-refractivity contribution in [2.45, 2.75) is 19.3 Å². The van der Waals surface area contributed by atoms with Crippen LogP contribution >= 0.6 is 0 Å². The Balaban J connectivity index is 1.51. The molecule has 4 aromatic rings. The highest BCUT2D eigenvalue weighted by molar-refractivity contribution is 5.91. The van der Waals surface area contributed by atoms with Crippen molar-refractivity contribution in [1.82, 2.24) is 9.55 Å². The minimum Gasteiger partial charge on any atom is -0.326 e. The van der Waals surface area contributed by atoms with Gasteiger partial charge in [-0.2, -0.15) is 5.26 Å². The van der Waals surface area contributed by atoms with Crippen LogP contribution in [0.15, 0.2) is 78.9 Å². The molecule has 0 aliphatic heterocycles. The van der Waals surface area contributed by atoms with Crippen molar-refractivity contribution in [3.63, 3.8) is 0 Å². The van der Waals surface area contributed by atoms with E-state index in [-0.39, 0.29) is 5.91 Å². The molecule has 1 amide bonds. The second-order valence-corrected chi connectivity index (χ2v) is 6.77. The molecule has 3 aromatic carbocycles. The predicted molar refractivity (Wildman–Crippen MR) is 114 cm³/mol. The first-order chi connectivity index (χ1) is 14.2. The molecule has 0 saturated heterocycles. The van der Waals surface area contributed by atoms with Gasteiger partial charge in [-0.05, 0) is 42.0 Å². The van der Waals surface area contributed by atoms with Gasteiger partial charge in [-0.15, -0.1) is 0 Å². The lowest BCUT2D eigenvalue weighted by Gasteiger charge is -2.10. The van der Waals surface area contributed by atoms with E-state index in [0.29, 0.717) is 19.3 Å². The van der Waals surface area contributed by atoms with Crippen LogP contribution in [0.4, 0.5) is 5.69 Å². The molecule has 142 valence electrons. The van der Waals surface area contributed by atoms with Crippen LogP contribution in [0.3, 0.4) is 0 Å². The summed E-state index contributed by atoms with van der Waals surface area (Å²) in [4.78, 5) is 17.2. The number of aryl methyl sites for hydroxylation is 1. The number of hydrogen-bond acceptors (Lipinski definition) is 3. The standard InChI is InChI=1S/C24H20N4O/c25-17-16-18-10-12-19(13-11-18)26-24(29)15-14-23-27-21-8-4-5-9-22(21)28(23)20-6-2-1-3-7-20/h1-13H,14-16H2,(H,26,29). The van der Waals surface area contributed by atoms with Crippen molar-refractivity contribution >= 4 is 22.6 Å². The number of benzene rings is 3. The van der Waals surface area contributed by atoms with Gasteiger partial charge in [0.2, 0.25) is 5.91 Å². The number of carbonyl (C=O) groups excluding carboxylic acids is 1. The summed E-state index contributed by atoms with van der Waals surface area (Å²) in [6.07, 6.45) is 1.22. The Kier molecular flexibility index (Phi) is 5.35. The van der Waals surface area contributed by atoms with Gasteiger partial charge < -0.3 is 5.32 Å². The Hall–Kier alpha value is -3.91. The number of rotatable bonds is 6. The van der Waals surface area contributed by atoms with Crippen LogP contribution in [0.1, 0.15) is 17.8 Å². The molecule has 5 heteroatoms. The minimum absolute atomic E-state index is 0.0651. The van der Waals surface area contributed by atoms with Crippen molar-refractivity contribution in [2.24, 2.45) is 0 Å². The SMILES string of the molecule is N#CCc1ccc(NC(=O)CCc2nc3ccccc3n2-c2ccccc2)cc1. The summed E-state index contributed by atoms with van der Waals surface area (Å²) in [5, 5.41) is 11.7. The number of para-hydroxylation sites is 3. The van der Waals surface area contributed by atoms with Crippen LogP contribution < -0.4 is 5.32 Å². The zero-order valence-corrected chi connectivity index (χ0v) is 15.9. The maximum Gasteiger partial charge on any atom is 0.224 e. The molecule has 1 heterocycles. The first-order valence-electron chi connectivity index (χ1n) is 9.52. The lowest BCUT2D eigenvalue weighted by Crippen LogP contribution is -2.13. The van der Waals surface area contributed by atoms with Crippen molar-refractivity contribution in [2.75, 3.05) is 5.32 Å². The number of anilines is 1. The molecule has 0 spiro atoms. The van der Waals surface area contributed by atoms with E-state index >= 15 is 0 Å². The summed E-state index contributed by atoms with van der Waals surface area (Å²) in [5.41, 5.74) is 4.64. The number of hydrogen-bond donors (Lipinski definition) is 1. The van der Waals surface area contributed by atoms with Gasteiger partial charge in [-0.1, -0.05) is 42.5 Å². The Morgan fingerprint density at radius 3 is 2.45 bits per heavy atom. The van der Waals surface area contributed by atoms with Crippen LogP contribution in [-0.2, 0) is 17.6 Å². The molecule has 0 aliphatic carbocycles. The van der Waals surface area contributed by atoms with Gasteiger partial charge in [0.05, 0.1) is 23.5 Å². The van der Waals surface area contributed by atoms with E-state index in [2.05, 4.69) is 16.0 Å². The van der Waals surface area contributed by atoms with Gasteiger partial charge in [0.25, 0.3) is 0 Å². The number of aromatic nitrogens is 2. The Bertz CT molecular complexity index is 1170. The number of fused-ring (bicyclic) bond motifs is 1. The molecule has 5 nitrogen and oxygen atoms in total. The average Bonchev–Trinajstić information content (AvgIpc) is 3.13. The lowest BCUT2D eigenvalue weighted by molar-refractivity contribution is -0.116. The molecule has 4 rings (SSSR count).